The van der Waals surface area contributed by atoms with Crippen LogP contribution in [-0.2, 0) is 64.0 Å². The monoisotopic (exact) mass is 1080 g/mol. The molecule has 1 rings (SSSR count). The molecular formula is C49H80N12O15. The molecule has 0 fully saturated rings. The molecule has 1 aromatic carbocycles. The standard InChI is InChI=1S/C49H80N12O15/c1-26(2)23-34(45(71)54-30(15-9-11-21-50)42(68)55-32(18-20-38(63)64)43(69)57-33(49(75)76)16-10-12-22-51)58-44(70)31(17-19-37(53)62)56-47(73)36(25-39(65)66)59-46(72)35(24-29-13-7-6-8-14-29)60-48(74)40(27(3)4)61-41(67)28(5)52/h6-8,13-14,26-28,30-36,40H,9-12,15-25,50-52H2,1-5H3,(H2,53,62)(H,54,71)(H,55,68)(H,56,73)(H,57,69)(H,58,70)(H,59,72)(H,60,74)(H,61,67)(H,63,64)(H,65,66)(H,75,76)/t28-,30-,31-,32-,33-,34-,35-,36-,40-/m0/s1. The maximum Gasteiger partial charge on any atom is 0.326 e. The van der Waals surface area contributed by atoms with Gasteiger partial charge >= 0.3 is 17.9 Å². The molecule has 76 heavy (non-hydrogen) atoms. The van der Waals surface area contributed by atoms with Crippen molar-refractivity contribution in [2.75, 3.05) is 13.1 Å². The van der Waals surface area contributed by atoms with Crippen LogP contribution in [0.25, 0.3) is 0 Å². The van der Waals surface area contributed by atoms with Crippen molar-refractivity contribution in [2.45, 2.75) is 172 Å². The minimum absolute atomic E-state index is 0.0134. The van der Waals surface area contributed by atoms with Crippen LogP contribution in [0.15, 0.2) is 30.3 Å². The van der Waals surface area contributed by atoms with Crippen molar-refractivity contribution in [3.05, 3.63) is 35.9 Å². The molecule has 27 heteroatoms. The smallest absolute Gasteiger partial charge is 0.326 e. The Hall–Kier alpha value is -7.26. The van der Waals surface area contributed by atoms with E-state index < -0.39 is 163 Å². The Bertz CT molecular complexity index is 2130. The first-order chi connectivity index (χ1) is 35.7. The molecule has 0 aliphatic carbocycles. The molecule has 9 amide bonds. The molecule has 27 nitrogen and oxygen atoms in total. The fourth-order valence-electron chi connectivity index (χ4n) is 7.46. The summed E-state index contributed by atoms with van der Waals surface area (Å²) in [6.45, 7) is 8.53. The first-order valence-corrected chi connectivity index (χ1v) is 25.3. The number of benzene rings is 1. The van der Waals surface area contributed by atoms with Crippen LogP contribution in [0.5, 0.6) is 0 Å². The number of amides is 9. The molecule has 0 heterocycles. The second kappa shape index (κ2) is 35.1. The number of carbonyl (C=O) groups excluding carboxylic acids is 9. The van der Waals surface area contributed by atoms with E-state index in [0.29, 0.717) is 24.8 Å². The second-order valence-corrected chi connectivity index (χ2v) is 19.2. The summed E-state index contributed by atoms with van der Waals surface area (Å²) in [7, 11) is 0. The predicted molar refractivity (Wildman–Crippen MR) is 275 cm³/mol. The van der Waals surface area contributed by atoms with E-state index in [9.17, 15) is 72.9 Å². The maximum absolute atomic E-state index is 14.1. The molecule has 0 saturated heterocycles. The van der Waals surface area contributed by atoms with E-state index in [0.717, 1.165) is 0 Å². The van der Waals surface area contributed by atoms with Crippen molar-refractivity contribution < 1.29 is 72.9 Å². The highest BCUT2D eigenvalue weighted by Gasteiger charge is 2.36. The molecule has 0 aliphatic rings. The lowest BCUT2D eigenvalue weighted by Gasteiger charge is -2.28. The number of unbranched alkanes of at least 4 members (excludes halogenated alkanes) is 2. The first kappa shape index (κ1) is 66.8. The molecule has 1 aromatic rings. The fraction of sp³-hybridized carbons (Fsp3) is 0.633. The van der Waals surface area contributed by atoms with Crippen molar-refractivity contribution in [1.29, 1.82) is 0 Å². The molecule has 0 saturated carbocycles. The number of rotatable bonds is 38. The van der Waals surface area contributed by atoms with Gasteiger partial charge in [0.2, 0.25) is 53.2 Å². The summed E-state index contributed by atoms with van der Waals surface area (Å²) < 4.78 is 0. The van der Waals surface area contributed by atoms with Gasteiger partial charge in [-0.25, -0.2) is 4.79 Å². The van der Waals surface area contributed by atoms with Gasteiger partial charge in [-0.1, -0.05) is 58.0 Å². The van der Waals surface area contributed by atoms with Crippen LogP contribution in [0.1, 0.15) is 117 Å². The summed E-state index contributed by atoms with van der Waals surface area (Å²) in [5.74, 6) is -13.7. The zero-order valence-corrected chi connectivity index (χ0v) is 43.9. The van der Waals surface area contributed by atoms with Crippen molar-refractivity contribution in [1.82, 2.24) is 42.5 Å². The Morgan fingerprint density at radius 1 is 0.474 bits per heavy atom. The van der Waals surface area contributed by atoms with E-state index in [4.69, 9.17) is 22.9 Å². The van der Waals surface area contributed by atoms with Crippen molar-refractivity contribution in [3.8, 4) is 0 Å². The predicted octanol–water partition coefficient (Wildman–Crippen LogP) is -2.90. The Balaban J connectivity index is 3.58. The van der Waals surface area contributed by atoms with Gasteiger partial charge in [0.25, 0.3) is 0 Å². The summed E-state index contributed by atoms with van der Waals surface area (Å²) in [6.07, 6.45) is -2.07. The molecule has 9 atom stereocenters. The average molecular weight is 1080 g/mol. The van der Waals surface area contributed by atoms with Crippen molar-refractivity contribution >= 4 is 71.1 Å². The number of carboxylic acids is 3. The molecule has 426 valence electrons. The van der Waals surface area contributed by atoms with Crippen LogP contribution in [0, 0.1) is 11.8 Å². The summed E-state index contributed by atoms with van der Waals surface area (Å²) >= 11 is 0. The second-order valence-electron chi connectivity index (χ2n) is 19.2. The van der Waals surface area contributed by atoms with Gasteiger partial charge in [0, 0.05) is 19.3 Å². The largest absolute Gasteiger partial charge is 0.481 e. The van der Waals surface area contributed by atoms with E-state index in [1.807, 2.05) is 0 Å². The van der Waals surface area contributed by atoms with Gasteiger partial charge in [0.05, 0.1) is 12.5 Å². The number of hydrogen-bond donors (Lipinski definition) is 15. The lowest BCUT2D eigenvalue weighted by molar-refractivity contribution is -0.143. The highest BCUT2D eigenvalue weighted by atomic mass is 16.4. The third-order valence-corrected chi connectivity index (χ3v) is 11.7. The maximum atomic E-state index is 14.1. The van der Waals surface area contributed by atoms with E-state index in [1.165, 1.54) is 6.92 Å². The number of carbonyl (C=O) groups is 12. The quantitative estimate of drug-likeness (QED) is 0.0296. The summed E-state index contributed by atoms with van der Waals surface area (Å²) in [6, 6.07) is -4.81. The van der Waals surface area contributed by atoms with Gasteiger partial charge in [-0.15, -0.1) is 0 Å². The Kier molecular flexibility index (Phi) is 30.8. The van der Waals surface area contributed by atoms with E-state index in [1.54, 1.807) is 58.0 Å². The summed E-state index contributed by atoms with van der Waals surface area (Å²) in [4.78, 5) is 157. The molecule has 19 N–H and O–H groups in total. The number of primary amides is 1. The Morgan fingerprint density at radius 2 is 0.895 bits per heavy atom. The molecule has 0 spiro atoms. The number of nitrogens with one attached hydrogen (secondary N) is 8. The summed E-state index contributed by atoms with van der Waals surface area (Å²) in [5.41, 5.74) is 22.8. The van der Waals surface area contributed by atoms with E-state index in [2.05, 4.69) is 42.5 Å². The van der Waals surface area contributed by atoms with Crippen LogP contribution in [0.2, 0.25) is 0 Å². The highest BCUT2D eigenvalue weighted by molar-refractivity contribution is 5.99. The van der Waals surface area contributed by atoms with Gasteiger partial charge in [-0.2, -0.15) is 0 Å². The number of nitrogens with two attached hydrogens (primary N) is 4. The van der Waals surface area contributed by atoms with Gasteiger partial charge in [-0.3, -0.25) is 52.7 Å². The topological polar surface area (TPSA) is 466 Å². The van der Waals surface area contributed by atoms with Gasteiger partial charge in [0.1, 0.15) is 48.3 Å². The zero-order chi connectivity index (χ0) is 57.7. The molecule has 0 radical (unpaired) electrons. The van der Waals surface area contributed by atoms with Crippen LogP contribution >= 0.6 is 0 Å². The van der Waals surface area contributed by atoms with Gasteiger partial charge < -0.3 is 80.8 Å². The number of hydrogen-bond acceptors (Lipinski definition) is 15. The number of aliphatic carboxylic acids is 3. The van der Waals surface area contributed by atoms with Gasteiger partial charge in [0.15, 0.2) is 0 Å². The SMILES string of the molecule is CC(C)C[C@H](NC(=O)[C@H](CCC(N)=O)NC(=O)[C@H](CC(=O)O)NC(=O)[C@H](Cc1ccccc1)NC(=O)[C@@H](NC(=O)[C@H](C)N)C(C)C)C(=O)N[C@@H](CCCCN)C(=O)N[C@@H](CCC(=O)O)C(=O)N[C@@H](CCCCN)C(=O)O. The lowest BCUT2D eigenvalue weighted by Crippen LogP contribution is -2.61. The normalized spacial score (nSPS) is 14.7. The number of carboxylic acid groups (broad SMARTS) is 3. The first-order valence-electron chi connectivity index (χ1n) is 25.3. The minimum Gasteiger partial charge on any atom is -0.481 e. The van der Waals surface area contributed by atoms with Crippen LogP contribution < -0.4 is 65.5 Å². The third-order valence-electron chi connectivity index (χ3n) is 11.7. The fourth-order valence-corrected chi connectivity index (χ4v) is 7.46. The van der Waals surface area contributed by atoms with Crippen LogP contribution in [0.3, 0.4) is 0 Å². The lowest BCUT2D eigenvalue weighted by atomic mass is 10.00. The van der Waals surface area contributed by atoms with Crippen LogP contribution in [0.4, 0.5) is 0 Å². The molecule has 0 aliphatic heterocycles. The zero-order valence-electron chi connectivity index (χ0n) is 43.9. The minimum atomic E-state index is -1.92. The molecule has 0 unspecified atom stereocenters. The summed E-state index contributed by atoms with van der Waals surface area (Å²) in [5, 5.41) is 48.6. The third kappa shape index (κ3) is 26.3. The molecule has 0 aromatic heterocycles. The average Bonchev–Trinajstić information content (AvgIpc) is 3.33. The Labute approximate surface area is 441 Å². The van der Waals surface area contributed by atoms with Crippen molar-refractivity contribution in [3.63, 3.8) is 0 Å². The van der Waals surface area contributed by atoms with Gasteiger partial charge in [-0.05, 0) is 95.2 Å². The highest BCUT2D eigenvalue weighted by Crippen LogP contribution is 2.13. The van der Waals surface area contributed by atoms with E-state index >= 15 is 0 Å². The Morgan fingerprint density at radius 3 is 1.34 bits per heavy atom. The van der Waals surface area contributed by atoms with E-state index in [-0.39, 0.29) is 51.1 Å². The van der Waals surface area contributed by atoms with Crippen molar-refractivity contribution in [2.24, 2.45) is 34.8 Å². The van der Waals surface area contributed by atoms with Crippen LogP contribution in [-0.4, -0.2) is 154 Å². The molecule has 0 bridgehead atoms. The molecular weight excluding hydrogens is 997 g/mol.